The quantitative estimate of drug-likeness (QED) is 0.306. The molecule has 2 aromatic heterocycles. The van der Waals surface area contributed by atoms with Crippen molar-refractivity contribution in [3.05, 3.63) is 100 Å². The third-order valence-corrected chi connectivity index (χ3v) is 6.83. The van der Waals surface area contributed by atoms with Gasteiger partial charge in [0.05, 0.1) is 39.5 Å². The van der Waals surface area contributed by atoms with Crippen molar-refractivity contribution >= 4 is 28.5 Å². The maximum atomic E-state index is 13.6. The van der Waals surface area contributed by atoms with Gasteiger partial charge in [0.1, 0.15) is 12.4 Å². The first kappa shape index (κ1) is 25.6. The molecule has 0 radical (unpaired) electrons. The van der Waals surface area contributed by atoms with Crippen LogP contribution in [0.5, 0.6) is 5.75 Å². The number of alkyl halides is 3. The molecular weight excluding hydrogens is 521 g/mol. The first-order chi connectivity index (χ1) is 18.2. The van der Waals surface area contributed by atoms with Gasteiger partial charge in [0.25, 0.3) is 0 Å². The Morgan fingerprint density at radius 2 is 1.92 bits per heavy atom. The Labute approximate surface area is 220 Å². The average Bonchev–Trinajstić information content (AvgIpc) is 3.49. The van der Waals surface area contributed by atoms with Crippen molar-refractivity contribution in [2.75, 3.05) is 13.1 Å². The molecule has 0 N–H and O–H groups in total. The van der Waals surface area contributed by atoms with E-state index in [1.54, 1.807) is 46.1 Å². The number of carbonyl (C=O) groups is 1. The Bertz CT molecular complexity index is 1580. The third kappa shape index (κ3) is 4.79. The van der Waals surface area contributed by atoms with Gasteiger partial charge in [-0.05, 0) is 54.5 Å². The third-order valence-electron chi connectivity index (χ3n) is 6.54. The predicted octanol–water partition coefficient (Wildman–Crippen LogP) is 5.40. The number of pyridine rings is 1. The molecule has 1 aliphatic heterocycles. The van der Waals surface area contributed by atoms with Crippen LogP contribution in [0.2, 0.25) is 5.02 Å². The molecule has 1 atom stereocenters. The summed E-state index contributed by atoms with van der Waals surface area (Å²) in [5.41, 5.74) is 1.28. The molecule has 1 saturated heterocycles. The van der Waals surface area contributed by atoms with Gasteiger partial charge in [-0.1, -0.05) is 30.3 Å². The van der Waals surface area contributed by atoms with Crippen molar-refractivity contribution < 1.29 is 22.7 Å². The molecule has 5 rings (SSSR count). The molecule has 7 nitrogen and oxygen atoms in total. The highest BCUT2D eigenvalue weighted by Gasteiger charge is 2.31. The topological polar surface area (TPSA) is 69.4 Å². The van der Waals surface area contributed by atoms with Crippen LogP contribution in [0.15, 0.2) is 78.4 Å². The first-order valence-electron chi connectivity index (χ1n) is 11.7. The van der Waals surface area contributed by atoms with Crippen LogP contribution < -0.4 is 10.4 Å². The molecule has 1 aliphatic rings. The molecule has 1 fully saturated rings. The molecule has 1 amide bonds. The van der Waals surface area contributed by atoms with Crippen LogP contribution in [0.1, 0.15) is 23.6 Å². The van der Waals surface area contributed by atoms with Crippen molar-refractivity contribution in [1.29, 1.82) is 0 Å². The molecule has 11 heteroatoms. The van der Waals surface area contributed by atoms with E-state index in [0.29, 0.717) is 47.5 Å². The zero-order valence-corrected chi connectivity index (χ0v) is 20.7. The maximum Gasteiger partial charge on any atom is 0.416 e. The SMILES string of the molecule is C=CC(=O)N1CC[C@@H](n2c(=O)n(-c3ccc(OCc4ccc(C(F)(F)F)cc4)c(Cl)c3)c3cnccc32)C1. The fourth-order valence-corrected chi connectivity index (χ4v) is 4.88. The minimum Gasteiger partial charge on any atom is -0.487 e. The highest BCUT2D eigenvalue weighted by Crippen LogP contribution is 2.32. The smallest absolute Gasteiger partial charge is 0.416 e. The van der Waals surface area contributed by atoms with Gasteiger partial charge in [0.2, 0.25) is 5.91 Å². The van der Waals surface area contributed by atoms with E-state index in [4.69, 9.17) is 16.3 Å². The second kappa shape index (κ2) is 10.0. The Kier molecular flexibility index (Phi) is 6.75. The van der Waals surface area contributed by atoms with Crippen molar-refractivity contribution in [2.24, 2.45) is 0 Å². The van der Waals surface area contributed by atoms with E-state index in [-0.39, 0.29) is 29.3 Å². The first-order valence-corrected chi connectivity index (χ1v) is 12.1. The maximum absolute atomic E-state index is 13.6. The van der Waals surface area contributed by atoms with E-state index >= 15 is 0 Å². The van der Waals surface area contributed by atoms with E-state index in [0.717, 1.165) is 12.1 Å². The molecule has 3 heterocycles. The van der Waals surface area contributed by atoms with Gasteiger partial charge in [-0.15, -0.1) is 0 Å². The lowest BCUT2D eigenvalue weighted by atomic mass is 10.1. The number of hydrogen-bond acceptors (Lipinski definition) is 4. The number of carbonyl (C=O) groups excluding carboxylic acids is 1. The second-order valence-electron chi connectivity index (χ2n) is 8.88. The molecule has 0 bridgehead atoms. The number of likely N-dealkylation sites (tertiary alicyclic amines) is 1. The predicted molar refractivity (Wildman–Crippen MR) is 137 cm³/mol. The fourth-order valence-electron chi connectivity index (χ4n) is 4.65. The largest absolute Gasteiger partial charge is 0.487 e. The van der Waals surface area contributed by atoms with Crippen LogP contribution in [0.25, 0.3) is 16.7 Å². The van der Waals surface area contributed by atoms with Gasteiger partial charge in [-0.25, -0.2) is 4.79 Å². The van der Waals surface area contributed by atoms with Gasteiger partial charge in [0.15, 0.2) is 0 Å². The van der Waals surface area contributed by atoms with Crippen LogP contribution in [-0.4, -0.2) is 38.0 Å². The number of ether oxygens (including phenoxy) is 1. The summed E-state index contributed by atoms with van der Waals surface area (Å²) in [7, 11) is 0. The summed E-state index contributed by atoms with van der Waals surface area (Å²) in [6.07, 6.45) is 0.683. The summed E-state index contributed by atoms with van der Waals surface area (Å²) < 4.78 is 47.3. The molecule has 0 unspecified atom stereocenters. The van der Waals surface area contributed by atoms with Crippen molar-refractivity contribution in [1.82, 2.24) is 19.0 Å². The van der Waals surface area contributed by atoms with Crippen LogP contribution in [0.3, 0.4) is 0 Å². The minimum absolute atomic E-state index is 0.0159. The van der Waals surface area contributed by atoms with Crippen molar-refractivity contribution in [3.8, 4) is 11.4 Å². The number of amides is 1. The summed E-state index contributed by atoms with van der Waals surface area (Å²) in [6, 6.07) is 11.1. The van der Waals surface area contributed by atoms with Gasteiger partial charge < -0.3 is 9.64 Å². The summed E-state index contributed by atoms with van der Waals surface area (Å²) in [5.74, 6) is 0.143. The number of benzene rings is 2. The Hall–Kier alpha value is -4.05. The second-order valence-corrected chi connectivity index (χ2v) is 9.29. The van der Waals surface area contributed by atoms with E-state index in [9.17, 15) is 22.8 Å². The Morgan fingerprint density at radius 1 is 1.16 bits per heavy atom. The molecule has 2 aromatic carbocycles. The van der Waals surface area contributed by atoms with E-state index in [2.05, 4.69) is 11.6 Å². The van der Waals surface area contributed by atoms with Crippen molar-refractivity contribution in [3.63, 3.8) is 0 Å². The summed E-state index contributed by atoms with van der Waals surface area (Å²) in [6.45, 7) is 4.47. The summed E-state index contributed by atoms with van der Waals surface area (Å²) in [5, 5.41) is 0.231. The van der Waals surface area contributed by atoms with Crippen molar-refractivity contribution in [2.45, 2.75) is 25.2 Å². The zero-order chi connectivity index (χ0) is 27.0. The lowest BCUT2D eigenvalue weighted by Gasteiger charge is -2.15. The molecule has 4 aromatic rings. The number of imidazole rings is 1. The van der Waals surface area contributed by atoms with Crippen LogP contribution in [0, 0.1) is 0 Å². The highest BCUT2D eigenvalue weighted by molar-refractivity contribution is 6.32. The number of aromatic nitrogens is 3. The Morgan fingerprint density at radius 3 is 2.61 bits per heavy atom. The molecule has 0 spiro atoms. The highest BCUT2D eigenvalue weighted by atomic mass is 35.5. The fraction of sp³-hybridized carbons (Fsp3) is 0.222. The average molecular weight is 543 g/mol. The molecule has 196 valence electrons. The van der Waals surface area contributed by atoms with Gasteiger partial charge in [-0.2, -0.15) is 13.2 Å². The number of fused-ring (bicyclic) bond motifs is 1. The zero-order valence-electron chi connectivity index (χ0n) is 20.0. The van der Waals surface area contributed by atoms with E-state index < -0.39 is 11.7 Å². The lowest BCUT2D eigenvalue weighted by Crippen LogP contribution is -2.31. The minimum atomic E-state index is -4.41. The molecule has 0 aliphatic carbocycles. The number of halogens is 4. The van der Waals surface area contributed by atoms with E-state index in [1.165, 1.54) is 22.8 Å². The normalized spacial score (nSPS) is 15.7. The van der Waals surface area contributed by atoms with Crippen LogP contribution in [0.4, 0.5) is 13.2 Å². The van der Waals surface area contributed by atoms with E-state index in [1.807, 2.05) is 0 Å². The lowest BCUT2D eigenvalue weighted by molar-refractivity contribution is -0.137. The molecular formula is C27H22ClF3N4O3. The molecule has 0 saturated carbocycles. The summed E-state index contributed by atoms with van der Waals surface area (Å²) in [4.78, 5) is 31.6. The van der Waals surface area contributed by atoms with Crippen LogP contribution in [-0.2, 0) is 17.6 Å². The summed E-state index contributed by atoms with van der Waals surface area (Å²) >= 11 is 6.47. The van der Waals surface area contributed by atoms with Crippen LogP contribution >= 0.6 is 11.6 Å². The Balaban J connectivity index is 1.42. The number of nitrogens with zero attached hydrogens (tertiary/aromatic N) is 4. The van der Waals surface area contributed by atoms with Gasteiger partial charge in [0, 0.05) is 19.3 Å². The van der Waals surface area contributed by atoms with Gasteiger partial charge >= 0.3 is 11.9 Å². The molecule has 38 heavy (non-hydrogen) atoms. The number of rotatable bonds is 6. The van der Waals surface area contributed by atoms with Gasteiger partial charge in [-0.3, -0.25) is 18.9 Å². The standard InChI is InChI=1S/C27H22ClF3N4O3/c1-2-25(36)33-12-10-20(15-33)35-22-9-11-32-14-23(22)34(26(35)37)19-7-8-24(21(28)13-19)38-16-17-3-5-18(6-4-17)27(29,30)31/h2-9,11,13-14,20H,1,10,12,15-16H2/t20-/m1/s1. The monoisotopic (exact) mass is 542 g/mol. The number of hydrogen-bond donors (Lipinski definition) is 0.